The van der Waals surface area contributed by atoms with Crippen LogP contribution in [0.1, 0.15) is 24.4 Å². The summed E-state index contributed by atoms with van der Waals surface area (Å²) in [5.74, 6) is 2.04. The maximum absolute atomic E-state index is 13.0. The Bertz CT molecular complexity index is 988. The molecule has 2 aromatic carbocycles. The number of amides is 1. The number of rotatable bonds is 7. The number of carbonyl (C=O) groups is 1. The molecule has 0 radical (unpaired) electrons. The van der Waals surface area contributed by atoms with Gasteiger partial charge >= 0.3 is 0 Å². The molecule has 30 heavy (non-hydrogen) atoms. The Morgan fingerprint density at radius 3 is 2.40 bits per heavy atom. The van der Waals surface area contributed by atoms with E-state index in [1.165, 1.54) is 11.8 Å². The van der Waals surface area contributed by atoms with Crippen molar-refractivity contribution in [3.05, 3.63) is 60.4 Å². The first-order valence-corrected chi connectivity index (χ1v) is 10.8. The predicted molar refractivity (Wildman–Crippen MR) is 115 cm³/mol. The third kappa shape index (κ3) is 4.28. The normalized spacial score (nSPS) is 15.9. The fourth-order valence-electron chi connectivity index (χ4n) is 3.69. The zero-order valence-corrected chi connectivity index (χ0v) is 17.8. The molecule has 7 nitrogen and oxygen atoms in total. The molecular weight excluding hydrogens is 400 g/mol. The molecular formula is C22H24N4O3S. The third-order valence-corrected chi connectivity index (χ3v) is 6.19. The average molecular weight is 425 g/mol. The Balaban J connectivity index is 1.42. The molecule has 8 heteroatoms. The van der Waals surface area contributed by atoms with Gasteiger partial charge in [0.15, 0.2) is 5.16 Å². The zero-order chi connectivity index (χ0) is 20.9. The largest absolute Gasteiger partial charge is 0.497 e. The van der Waals surface area contributed by atoms with Gasteiger partial charge in [0.2, 0.25) is 5.91 Å². The number of likely N-dealkylation sites (tertiary alicyclic amines) is 1. The van der Waals surface area contributed by atoms with Crippen LogP contribution in [-0.4, -0.2) is 52.1 Å². The molecule has 1 saturated heterocycles. The van der Waals surface area contributed by atoms with E-state index >= 15 is 0 Å². The zero-order valence-electron chi connectivity index (χ0n) is 17.0. The van der Waals surface area contributed by atoms with Crippen LogP contribution in [0.5, 0.6) is 11.5 Å². The smallest absolute Gasteiger partial charge is 0.233 e. The van der Waals surface area contributed by atoms with Gasteiger partial charge in [-0.3, -0.25) is 9.36 Å². The number of aromatic nitrogens is 3. The summed E-state index contributed by atoms with van der Waals surface area (Å²) < 4.78 is 12.3. The van der Waals surface area contributed by atoms with E-state index in [4.69, 9.17) is 9.47 Å². The molecule has 0 N–H and O–H groups in total. The first-order chi connectivity index (χ1) is 14.7. The first kappa shape index (κ1) is 20.3. The standard InChI is InChI=1S/C22H24N4O3S/c1-28-18-9-5-16(6-10-18)20-4-3-13-25(20)21(27)14-30-22-24-23-15-26(22)17-7-11-19(29-2)12-8-17/h5-12,15,20H,3-4,13-14H2,1-2H3/t20-/m1/s1. The molecule has 1 aliphatic heterocycles. The average Bonchev–Trinajstić information content (AvgIpc) is 3.47. The molecule has 1 aliphatic rings. The van der Waals surface area contributed by atoms with E-state index in [2.05, 4.69) is 10.2 Å². The molecule has 0 saturated carbocycles. The summed E-state index contributed by atoms with van der Waals surface area (Å²) in [5, 5.41) is 8.90. The fraction of sp³-hybridized carbons (Fsp3) is 0.318. The van der Waals surface area contributed by atoms with E-state index in [0.717, 1.165) is 42.1 Å². The monoisotopic (exact) mass is 424 g/mol. The first-order valence-electron chi connectivity index (χ1n) is 9.80. The Labute approximate surface area is 180 Å². The van der Waals surface area contributed by atoms with Crippen LogP contribution in [0.15, 0.2) is 60.0 Å². The third-order valence-electron chi connectivity index (χ3n) is 5.27. The minimum atomic E-state index is 0.114. The summed E-state index contributed by atoms with van der Waals surface area (Å²) in [6.45, 7) is 0.779. The predicted octanol–water partition coefficient (Wildman–Crippen LogP) is 3.74. The molecule has 3 aromatic rings. The number of methoxy groups -OCH3 is 2. The van der Waals surface area contributed by atoms with Crippen LogP contribution in [0.2, 0.25) is 0 Å². The van der Waals surface area contributed by atoms with Gasteiger partial charge in [0, 0.05) is 12.2 Å². The Kier molecular flexibility index (Phi) is 6.23. The van der Waals surface area contributed by atoms with E-state index in [1.807, 2.05) is 58.0 Å². The van der Waals surface area contributed by atoms with Gasteiger partial charge < -0.3 is 14.4 Å². The maximum Gasteiger partial charge on any atom is 0.233 e. The van der Waals surface area contributed by atoms with Crippen LogP contribution < -0.4 is 9.47 Å². The van der Waals surface area contributed by atoms with Gasteiger partial charge in [0.05, 0.1) is 26.0 Å². The van der Waals surface area contributed by atoms with Gasteiger partial charge in [0.25, 0.3) is 0 Å². The number of carbonyl (C=O) groups excluding carboxylic acids is 1. The topological polar surface area (TPSA) is 69.5 Å². The van der Waals surface area contributed by atoms with Crippen LogP contribution in [0.3, 0.4) is 0 Å². The summed E-state index contributed by atoms with van der Waals surface area (Å²) in [7, 11) is 3.29. The molecule has 0 unspecified atom stereocenters. The molecule has 156 valence electrons. The van der Waals surface area contributed by atoms with Crippen molar-refractivity contribution in [2.75, 3.05) is 26.5 Å². The Morgan fingerprint density at radius 1 is 1.07 bits per heavy atom. The van der Waals surface area contributed by atoms with Crippen molar-refractivity contribution in [2.24, 2.45) is 0 Å². The molecule has 1 atom stereocenters. The Hall–Kier alpha value is -3.00. The van der Waals surface area contributed by atoms with Crippen molar-refractivity contribution in [1.82, 2.24) is 19.7 Å². The van der Waals surface area contributed by atoms with Gasteiger partial charge in [-0.1, -0.05) is 23.9 Å². The van der Waals surface area contributed by atoms with Gasteiger partial charge in [-0.25, -0.2) is 0 Å². The molecule has 4 rings (SSSR count). The molecule has 1 fully saturated rings. The molecule has 0 spiro atoms. The summed E-state index contributed by atoms with van der Waals surface area (Å²) in [4.78, 5) is 15.0. The minimum absolute atomic E-state index is 0.114. The second kappa shape index (κ2) is 9.21. The van der Waals surface area contributed by atoms with Crippen molar-refractivity contribution in [1.29, 1.82) is 0 Å². The summed E-state index contributed by atoms with van der Waals surface area (Å²) in [6, 6.07) is 15.7. The highest BCUT2D eigenvalue weighted by Gasteiger charge is 2.30. The summed E-state index contributed by atoms with van der Waals surface area (Å²) in [5.41, 5.74) is 2.07. The van der Waals surface area contributed by atoms with Gasteiger partial charge in [-0.2, -0.15) is 0 Å². The van der Waals surface area contributed by atoms with Crippen LogP contribution in [0, 0.1) is 0 Å². The minimum Gasteiger partial charge on any atom is -0.497 e. The van der Waals surface area contributed by atoms with Crippen molar-refractivity contribution in [3.8, 4) is 17.2 Å². The molecule has 0 bridgehead atoms. The molecule has 1 aromatic heterocycles. The molecule has 2 heterocycles. The van der Waals surface area contributed by atoms with Crippen LogP contribution >= 0.6 is 11.8 Å². The Morgan fingerprint density at radius 2 is 1.73 bits per heavy atom. The quantitative estimate of drug-likeness (QED) is 0.538. The highest BCUT2D eigenvalue weighted by molar-refractivity contribution is 7.99. The lowest BCUT2D eigenvalue weighted by molar-refractivity contribution is -0.129. The lowest BCUT2D eigenvalue weighted by atomic mass is 10.0. The van der Waals surface area contributed by atoms with Gasteiger partial charge in [-0.15, -0.1) is 10.2 Å². The van der Waals surface area contributed by atoms with Crippen molar-refractivity contribution in [2.45, 2.75) is 24.0 Å². The van der Waals surface area contributed by atoms with Gasteiger partial charge in [0.1, 0.15) is 17.8 Å². The van der Waals surface area contributed by atoms with Crippen LogP contribution in [0.4, 0.5) is 0 Å². The lowest BCUT2D eigenvalue weighted by Gasteiger charge is -2.25. The van der Waals surface area contributed by atoms with E-state index in [-0.39, 0.29) is 11.9 Å². The lowest BCUT2D eigenvalue weighted by Crippen LogP contribution is -2.32. The fourth-order valence-corrected chi connectivity index (χ4v) is 4.50. The number of ether oxygens (including phenoxy) is 2. The number of benzene rings is 2. The van der Waals surface area contributed by atoms with E-state index in [9.17, 15) is 4.79 Å². The van der Waals surface area contributed by atoms with Crippen molar-refractivity contribution >= 4 is 17.7 Å². The van der Waals surface area contributed by atoms with Crippen LogP contribution in [-0.2, 0) is 4.79 Å². The summed E-state index contributed by atoms with van der Waals surface area (Å²) in [6.07, 6.45) is 3.64. The highest BCUT2D eigenvalue weighted by Crippen LogP contribution is 2.33. The van der Waals surface area contributed by atoms with Crippen molar-refractivity contribution in [3.63, 3.8) is 0 Å². The molecule has 0 aliphatic carbocycles. The number of nitrogens with zero attached hydrogens (tertiary/aromatic N) is 4. The van der Waals surface area contributed by atoms with Gasteiger partial charge in [-0.05, 0) is 54.8 Å². The van der Waals surface area contributed by atoms with E-state index in [0.29, 0.717) is 10.9 Å². The second-order valence-electron chi connectivity index (χ2n) is 6.99. The maximum atomic E-state index is 13.0. The van der Waals surface area contributed by atoms with E-state index < -0.39 is 0 Å². The summed E-state index contributed by atoms with van der Waals surface area (Å²) >= 11 is 1.40. The molecule has 1 amide bonds. The second-order valence-corrected chi connectivity index (χ2v) is 7.93. The number of hydrogen-bond donors (Lipinski definition) is 0. The highest BCUT2D eigenvalue weighted by atomic mass is 32.2. The van der Waals surface area contributed by atoms with Crippen LogP contribution in [0.25, 0.3) is 5.69 Å². The number of thioether (sulfide) groups is 1. The number of hydrogen-bond acceptors (Lipinski definition) is 6. The van der Waals surface area contributed by atoms with Crippen molar-refractivity contribution < 1.29 is 14.3 Å². The van der Waals surface area contributed by atoms with E-state index in [1.54, 1.807) is 20.5 Å². The SMILES string of the molecule is COc1ccc([C@H]2CCCN2C(=O)CSc2nncn2-c2ccc(OC)cc2)cc1.